The van der Waals surface area contributed by atoms with Crippen LogP contribution in [0.5, 0.6) is 0 Å². The lowest BCUT2D eigenvalue weighted by Gasteiger charge is -2.24. The van der Waals surface area contributed by atoms with Gasteiger partial charge in [-0.2, -0.15) is 0 Å². The van der Waals surface area contributed by atoms with Crippen LogP contribution in [0.4, 0.5) is 0 Å². The van der Waals surface area contributed by atoms with E-state index in [9.17, 15) is 18.3 Å². The van der Waals surface area contributed by atoms with Crippen LogP contribution in [-0.2, 0) is 27.8 Å². The predicted octanol–water partition coefficient (Wildman–Crippen LogP) is 4.59. The molecule has 1 unspecified atom stereocenters. The summed E-state index contributed by atoms with van der Waals surface area (Å²) in [6, 6.07) is 19.0. The first kappa shape index (κ1) is 21.7. The van der Waals surface area contributed by atoms with Crippen LogP contribution in [0.15, 0.2) is 65.6 Å². The minimum atomic E-state index is -3.69. The third kappa shape index (κ3) is 3.81. The molecule has 0 aliphatic heterocycles. The molecule has 0 saturated carbocycles. The fraction of sp³-hybridized carbons (Fsp3) is 0.269. The van der Waals surface area contributed by atoms with Gasteiger partial charge in [0, 0.05) is 41.0 Å². The van der Waals surface area contributed by atoms with E-state index in [-0.39, 0.29) is 17.2 Å². The highest BCUT2D eigenvalue weighted by Crippen LogP contribution is 2.40. The van der Waals surface area contributed by atoms with Crippen molar-refractivity contribution >= 4 is 37.7 Å². The maximum Gasteiger partial charge on any atom is 0.305 e. The molecular weight excluding hydrogens is 436 g/mol. The molecule has 1 aliphatic rings. The first-order valence-corrected chi connectivity index (χ1v) is 12.6. The molecule has 33 heavy (non-hydrogen) atoms. The molecular formula is C26H26N2O4S. The monoisotopic (exact) mass is 462 g/mol. The van der Waals surface area contributed by atoms with Crippen molar-refractivity contribution in [3.8, 4) is 0 Å². The summed E-state index contributed by atoms with van der Waals surface area (Å²) < 4.78 is 31.5. The Balaban J connectivity index is 1.49. The number of carboxylic acid groups (broad SMARTS) is 1. The maximum atomic E-state index is 13.3. The lowest BCUT2D eigenvalue weighted by Crippen LogP contribution is -2.30. The summed E-state index contributed by atoms with van der Waals surface area (Å²) in [4.78, 5) is 11.5. The third-order valence-corrected chi connectivity index (χ3v) is 8.24. The van der Waals surface area contributed by atoms with Gasteiger partial charge < -0.3 is 9.67 Å². The van der Waals surface area contributed by atoms with E-state index in [1.165, 1.54) is 5.56 Å². The second-order valence-corrected chi connectivity index (χ2v) is 10.4. The van der Waals surface area contributed by atoms with Gasteiger partial charge in [-0.1, -0.05) is 48.5 Å². The average molecular weight is 463 g/mol. The molecule has 0 radical (unpaired) electrons. The summed E-state index contributed by atoms with van der Waals surface area (Å²) >= 11 is 0. The Labute approximate surface area is 192 Å². The van der Waals surface area contributed by atoms with E-state index in [4.69, 9.17) is 0 Å². The molecule has 1 heterocycles. The van der Waals surface area contributed by atoms with Crippen molar-refractivity contribution in [1.82, 2.24) is 9.29 Å². The Bertz CT molecular complexity index is 1480. The largest absolute Gasteiger partial charge is 0.481 e. The number of hydrogen-bond acceptors (Lipinski definition) is 3. The molecule has 170 valence electrons. The summed E-state index contributed by atoms with van der Waals surface area (Å²) in [5, 5.41) is 11.9. The zero-order chi connectivity index (χ0) is 23.2. The quantitative estimate of drug-likeness (QED) is 0.421. The van der Waals surface area contributed by atoms with Gasteiger partial charge in [-0.05, 0) is 48.4 Å². The molecule has 1 aliphatic carbocycles. The second-order valence-electron chi connectivity index (χ2n) is 8.67. The highest BCUT2D eigenvalue weighted by molar-refractivity contribution is 7.89. The summed E-state index contributed by atoms with van der Waals surface area (Å²) in [6.45, 7) is 2.72. The van der Waals surface area contributed by atoms with E-state index in [0.29, 0.717) is 18.5 Å². The van der Waals surface area contributed by atoms with Crippen molar-refractivity contribution in [3.05, 3.63) is 77.5 Å². The van der Waals surface area contributed by atoms with E-state index in [1.54, 1.807) is 12.1 Å². The van der Waals surface area contributed by atoms with Crippen LogP contribution in [0.3, 0.4) is 0 Å². The highest BCUT2D eigenvalue weighted by Gasteiger charge is 2.29. The molecule has 2 N–H and O–H groups in total. The molecule has 0 saturated heterocycles. The number of carbonyl (C=O) groups is 1. The number of aromatic nitrogens is 1. The average Bonchev–Trinajstić information content (AvgIpc) is 3.10. The van der Waals surface area contributed by atoms with Gasteiger partial charge in [-0.15, -0.1) is 0 Å². The topological polar surface area (TPSA) is 88.4 Å². The Morgan fingerprint density at radius 1 is 1.09 bits per heavy atom. The molecule has 3 aromatic carbocycles. The second kappa shape index (κ2) is 8.32. The van der Waals surface area contributed by atoms with Gasteiger partial charge in [0.15, 0.2) is 0 Å². The molecule has 7 heteroatoms. The van der Waals surface area contributed by atoms with E-state index < -0.39 is 16.0 Å². The van der Waals surface area contributed by atoms with Crippen LogP contribution in [0.25, 0.3) is 21.7 Å². The van der Waals surface area contributed by atoms with E-state index in [0.717, 1.165) is 40.4 Å². The van der Waals surface area contributed by atoms with Gasteiger partial charge in [0.2, 0.25) is 10.0 Å². The number of carboxylic acids is 1. The molecule has 0 fully saturated rings. The van der Waals surface area contributed by atoms with Crippen molar-refractivity contribution in [2.45, 2.75) is 43.5 Å². The number of nitrogens with one attached hydrogen (secondary N) is 1. The fourth-order valence-corrected chi connectivity index (χ4v) is 6.54. The molecule has 4 aromatic rings. The van der Waals surface area contributed by atoms with Crippen molar-refractivity contribution in [2.24, 2.45) is 0 Å². The lowest BCUT2D eigenvalue weighted by atomic mass is 9.83. The molecule has 0 spiro atoms. The van der Waals surface area contributed by atoms with E-state index in [2.05, 4.69) is 15.4 Å². The van der Waals surface area contributed by atoms with Gasteiger partial charge in [0.1, 0.15) is 0 Å². The summed E-state index contributed by atoms with van der Waals surface area (Å²) in [7, 11) is -3.69. The minimum Gasteiger partial charge on any atom is -0.481 e. The number of benzene rings is 3. The molecule has 1 aromatic heterocycles. The standard InChI is InChI=1S/C26H26N2O4S/c1-17-25-20(13-12-19-8-4-10-22(26(19)25)28(17)15-14-24(29)30)16-27-33(31,32)23-11-5-7-18-6-2-3-9-21(18)23/h2-11,20,27H,12-16H2,1H3,(H,29,30). The summed E-state index contributed by atoms with van der Waals surface area (Å²) in [6.07, 6.45) is 1.76. The van der Waals surface area contributed by atoms with Crippen molar-refractivity contribution in [1.29, 1.82) is 0 Å². The Kier molecular flexibility index (Phi) is 5.46. The lowest BCUT2D eigenvalue weighted by molar-refractivity contribution is -0.137. The number of rotatable bonds is 7. The van der Waals surface area contributed by atoms with Crippen molar-refractivity contribution < 1.29 is 18.3 Å². The van der Waals surface area contributed by atoms with Crippen LogP contribution in [-0.4, -0.2) is 30.6 Å². The van der Waals surface area contributed by atoms with Gasteiger partial charge in [-0.3, -0.25) is 4.79 Å². The molecule has 5 rings (SSSR count). The smallest absolute Gasteiger partial charge is 0.305 e. The summed E-state index contributed by atoms with van der Waals surface area (Å²) in [5.74, 6) is -0.804. The fourth-order valence-electron chi connectivity index (χ4n) is 5.23. The zero-order valence-corrected chi connectivity index (χ0v) is 19.2. The van der Waals surface area contributed by atoms with Gasteiger partial charge in [0.25, 0.3) is 0 Å². The minimum absolute atomic E-state index is 0.0261. The van der Waals surface area contributed by atoms with Crippen LogP contribution in [0, 0.1) is 6.92 Å². The Morgan fingerprint density at radius 3 is 2.67 bits per heavy atom. The Hall–Kier alpha value is -3.16. The number of fused-ring (bicyclic) bond motifs is 1. The van der Waals surface area contributed by atoms with E-state index >= 15 is 0 Å². The number of nitrogens with zero attached hydrogens (tertiary/aromatic N) is 1. The van der Waals surface area contributed by atoms with Crippen molar-refractivity contribution in [2.75, 3.05) is 6.54 Å². The first-order valence-electron chi connectivity index (χ1n) is 11.2. The Morgan fingerprint density at radius 2 is 1.85 bits per heavy atom. The number of aryl methyl sites for hydroxylation is 2. The molecule has 6 nitrogen and oxygen atoms in total. The van der Waals surface area contributed by atoms with Gasteiger partial charge >= 0.3 is 5.97 Å². The maximum absolute atomic E-state index is 13.3. The number of hydrogen-bond donors (Lipinski definition) is 2. The number of aliphatic carboxylic acids is 1. The van der Waals surface area contributed by atoms with Gasteiger partial charge in [0.05, 0.1) is 11.3 Å². The van der Waals surface area contributed by atoms with Crippen LogP contribution >= 0.6 is 0 Å². The van der Waals surface area contributed by atoms with E-state index in [1.807, 2.05) is 49.4 Å². The van der Waals surface area contributed by atoms with Crippen LogP contribution in [0.1, 0.15) is 35.6 Å². The molecule has 0 amide bonds. The van der Waals surface area contributed by atoms with Crippen molar-refractivity contribution in [3.63, 3.8) is 0 Å². The summed E-state index contributed by atoms with van der Waals surface area (Å²) in [5.41, 5.74) is 4.43. The molecule has 1 atom stereocenters. The van der Waals surface area contributed by atoms with Crippen LogP contribution < -0.4 is 4.72 Å². The number of sulfonamides is 1. The predicted molar refractivity (Wildman–Crippen MR) is 129 cm³/mol. The first-order chi connectivity index (χ1) is 15.9. The molecule has 0 bridgehead atoms. The SMILES string of the molecule is Cc1c2c3c(cccc3n1CCC(=O)O)CCC2CNS(=O)(=O)c1cccc2ccccc12. The van der Waals surface area contributed by atoms with Crippen LogP contribution in [0.2, 0.25) is 0 Å². The highest BCUT2D eigenvalue weighted by atomic mass is 32.2. The third-order valence-electron chi connectivity index (χ3n) is 6.76. The zero-order valence-electron chi connectivity index (χ0n) is 18.4. The normalized spacial score (nSPS) is 15.8. The van der Waals surface area contributed by atoms with Gasteiger partial charge in [-0.25, -0.2) is 13.1 Å².